The van der Waals surface area contributed by atoms with E-state index in [-0.39, 0.29) is 5.91 Å². The van der Waals surface area contributed by atoms with Crippen LogP contribution in [0.3, 0.4) is 0 Å². The van der Waals surface area contributed by atoms with Crippen LogP contribution in [0.4, 0.5) is 10.1 Å². The number of nitrogen functional groups attached to an aromatic ring is 1. The maximum absolute atomic E-state index is 11.6. The molecule has 0 atom stereocenters. The summed E-state index contributed by atoms with van der Waals surface area (Å²) in [4.78, 5) is 16.0. The molecule has 0 aliphatic heterocycles. The number of hydrogen-bond acceptors (Lipinski definition) is 4. The van der Waals surface area contributed by atoms with Crippen molar-refractivity contribution >= 4 is 27.4 Å². The van der Waals surface area contributed by atoms with Crippen LogP contribution in [-0.2, 0) is 4.79 Å². The number of nitrogens with zero attached hydrogens (tertiary/aromatic N) is 1. The standard InChI is InChI=1S/C14H17N3OS/c1-2-3-9-11(18)16-14-17-12(13(15)19-14)10-7-5-4-6-8-10/h4-8H,2-3,9,15H2,1H3,(H,16,17,18). The number of benzene rings is 1. The summed E-state index contributed by atoms with van der Waals surface area (Å²) < 4.78 is 0. The molecule has 1 aromatic heterocycles. The van der Waals surface area contributed by atoms with Crippen LogP contribution < -0.4 is 11.1 Å². The van der Waals surface area contributed by atoms with Crippen LogP contribution >= 0.6 is 11.3 Å². The monoisotopic (exact) mass is 275 g/mol. The van der Waals surface area contributed by atoms with Crippen LogP contribution in [0.25, 0.3) is 11.3 Å². The topological polar surface area (TPSA) is 68.0 Å². The van der Waals surface area contributed by atoms with Crippen molar-refractivity contribution in [2.24, 2.45) is 0 Å². The Morgan fingerprint density at radius 3 is 2.79 bits per heavy atom. The second-order valence-electron chi connectivity index (χ2n) is 4.25. The van der Waals surface area contributed by atoms with Crippen molar-refractivity contribution in [2.45, 2.75) is 26.2 Å². The molecule has 1 amide bonds. The number of aromatic nitrogens is 1. The molecule has 0 unspecified atom stereocenters. The van der Waals surface area contributed by atoms with Gasteiger partial charge in [-0.15, -0.1) is 0 Å². The molecular formula is C14H17N3OS. The van der Waals surface area contributed by atoms with Crippen LogP contribution in [0.15, 0.2) is 30.3 Å². The Hall–Kier alpha value is -1.88. The highest BCUT2D eigenvalue weighted by Crippen LogP contribution is 2.33. The van der Waals surface area contributed by atoms with Gasteiger partial charge in [0.15, 0.2) is 5.13 Å². The van der Waals surface area contributed by atoms with Gasteiger partial charge in [-0.1, -0.05) is 55.0 Å². The van der Waals surface area contributed by atoms with E-state index in [9.17, 15) is 4.79 Å². The third kappa shape index (κ3) is 3.54. The number of rotatable bonds is 5. The fourth-order valence-corrected chi connectivity index (χ4v) is 2.48. The number of anilines is 2. The largest absolute Gasteiger partial charge is 0.389 e. The molecule has 0 spiro atoms. The number of thiazole rings is 1. The zero-order valence-electron chi connectivity index (χ0n) is 10.8. The van der Waals surface area contributed by atoms with Crippen molar-refractivity contribution in [1.29, 1.82) is 0 Å². The number of nitrogens with two attached hydrogens (primary N) is 1. The minimum absolute atomic E-state index is 0.00443. The van der Waals surface area contributed by atoms with E-state index in [1.165, 1.54) is 11.3 Å². The van der Waals surface area contributed by atoms with Crippen LogP contribution in [0, 0.1) is 0 Å². The molecule has 4 nitrogen and oxygen atoms in total. The molecule has 1 heterocycles. The first-order chi connectivity index (χ1) is 9.20. The van der Waals surface area contributed by atoms with E-state index in [0.29, 0.717) is 16.6 Å². The minimum Gasteiger partial charge on any atom is -0.389 e. The maximum Gasteiger partial charge on any atom is 0.226 e. The van der Waals surface area contributed by atoms with Gasteiger partial charge >= 0.3 is 0 Å². The van der Waals surface area contributed by atoms with E-state index in [2.05, 4.69) is 17.2 Å². The summed E-state index contributed by atoms with van der Waals surface area (Å²) in [5, 5.41) is 3.99. The number of carbonyl (C=O) groups is 1. The Morgan fingerprint density at radius 2 is 2.11 bits per heavy atom. The predicted octanol–water partition coefficient (Wildman–Crippen LogP) is 3.52. The number of nitrogens with one attached hydrogen (secondary N) is 1. The van der Waals surface area contributed by atoms with E-state index in [4.69, 9.17) is 5.73 Å². The highest BCUT2D eigenvalue weighted by atomic mass is 32.1. The highest BCUT2D eigenvalue weighted by molar-refractivity contribution is 7.20. The normalized spacial score (nSPS) is 10.4. The van der Waals surface area contributed by atoms with Gasteiger partial charge in [0, 0.05) is 12.0 Å². The number of unbranched alkanes of at least 4 members (excludes halogenated alkanes) is 1. The fourth-order valence-electron chi connectivity index (χ4n) is 1.71. The SMILES string of the molecule is CCCCC(=O)Nc1nc(-c2ccccc2)c(N)s1. The minimum atomic E-state index is -0.00443. The second kappa shape index (κ2) is 6.33. The summed E-state index contributed by atoms with van der Waals surface area (Å²) in [6, 6.07) is 9.73. The fraction of sp³-hybridized carbons (Fsp3) is 0.286. The molecule has 1 aromatic carbocycles. The Bertz CT molecular complexity index is 551. The van der Waals surface area contributed by atoms with Crippen molar-refractivity contribution in [2.75, 3.05) is 11.1 Å². The molecule has 0 aliphatic carbocycles. The van der Waals surface area contributed by atoms with E-state index in [1.807, 2.05) is 30.3 Å². The van der Waals surface area contributed by atoms with Gasteiger partial charge in [-0.05, 0) is 6.42 Å². The molecule has 0 saturated carbocycles. The average Bonchev–Trinajstić information content (AvgIpc) is 2.78. The third-order valence-electron chi connectivity index (χ3n) is 2.70. The molecule has 5 heteroatoms. The quantitative estimate of drug-likeness (QED) is 0.877. The molecule has 100 valence electrons. The van der Waals surface area contributed by atoms with Gasteiger partial charge in [0.1, 0.15) is 10.7 Å². The molecule has 19 heavy (non-hydrogen) atoms. The zero-order chi connectivity index (χ0) is 13.7. The molecule has 2 rings (SSSR count). The lowest BCUT2D eigenvalue weighted by Crippen LogP contribution is -2.10. The molecule has 2 aromatic rings. The number of carbonyl (C=O) groups excluding carboxylic acids is 1. The Balaban J connectivity index is 2.11. The smallest absolute Gasteiger partial charge is 0.226 e. The summed E-state index contributed by atoms with van der Waals surface area (Å²) in [7, 11) is 0. The van der Waals surface area contributed by atoms with Crippen LogP contribution in [0.2, 0.25) is 0 Å². The predicted molar refractivity (Wildman–Crippen MR) is 80.1 cm³/mol. The van der Waals surface area contributed by atoms with Gasteiger partial charge in [-0.2, -0.15) is 0 Å². The average molecular weight is 275 g/mol. The summed E-state index contributed by atoms with van der Waals surface area (Å²) in [6.45, 7) is 2.06. The van der Waals surface area contributed by atoms with Crippen molar-refractivity contribution in [3.05, 3.63) is 30.3 Å². The Labute approximate surface area is 116 Å². The summed E-state index contributed by atoms with van der Waals surface area (Å²) >= 11 is 1.31. The molecule has 0 fully saturated rings. The maximum atomic E-state index is 11.6. The van der Waals surface area contributed by atoms with Gasteiger partial charge in [-0.3, -0.25) is 4.79 Å². The molecule has 0 saturated heterocycles. The summed E-state index contributed by atoms with van der Waals surface area (Å²) in [6.07, 6.45) is 2.41. The number of amides is 1. The van der Waals surface area contributed by atoms with Gasteiger partial charge < -0.3 is 11.1 Å². The first-order valence-electron chi connectivity index (χ1n) is 6.32. The molecule has 3 N–H and O–H groups in total. The molecular weight excluding hydrogens is 258 g/mol. The lowest BCUT2D eigenvalue weighted by molar-refractivity contribution is -0.116. The lowest BCUT2D eigenvalue weighted by Gasteiger charge is -1.99. The van der Waals surface area contributed by atoms with Crippen molar-refractivity contribution in [1.82, 2.24) is 4.98 Å². The van der Waals surface area contributed by atoms with Gasteiger partial charge in [0.25, 0.3) is 0 Å². The third-order valence-corrected chi connectivity index (χ3v) is 3.50. The molecule has 0 radical (unpaired) electrons. The van der Waals surface area contributed by atoms with Gasteiger partial charge in [0.2, 0.25) is 5.91 Å². The van der Waals surface area contributed by atoms with E-state index in [0.717, 1.165) is 24.1 Å². The van der Waals surface area contributed by atoms with Crippen LogP contribution in [-0.4, -0.2) is 10.9 Å². The van der Waals surface area contributed by atoms with Gasteiger partial charge in [-0.25, -0.2) is 4.98 Å². The van der Waals surface area contributed by atoms with Crippen molar-refractivity contribution < 1.29 is 4.79 Å². The van der Waals surface area contributed by atoms with Crippen molar-refractivity contribution in [3.8, 4) is 11.3 Å². The lowest BCUT2D eigenvalue weighted by atomic mass is 10.2. The Kier molecular flexibility index (Phi) is 4.52. The van der Waals surface area contributed by atoms with Gasteiger partial charge in [0.05, 0.1) is 0 Å². The van der Waals surface area contributed by atoms with Crippen LogP contribution in [0.1, 0.15) is 26.2 Å². The summed E-state index contributed by atoms with van der Waals surface area (Å²) in [5.74, 6) is -0.00443. The second-order valence-corrected chi connectivity index (χ2v) is 5.28. The first-order valence-corrected chi connectivity index (χ1v) is 7.14. The first kappa shape index (κ1) is 13.5. The van der Waals surface area contributed by atoms with E-state index >= 15 is 0 Å². The van der Waals surface area contributed by atoms with E-state index in [1.54, 1.807) is 0 Å². The Morgan fingerprint density at radius 1 is 1.37 bits per heavy atom. The summed E-state index contributed by atoms with van der Waals surface area (Å²) in [5.41, 5.74) is 7.65. The molecule has 0 bridgehead atoms. The molecule has 0 aliphatic rings. The van der Waals surface area contributed by atoms with Crippen LogP contribution in [0.5, 0.6) is 0 Å². The zero-order valence-corrected chi connectivity index (χ0v) is 11.7. The number of hydrogen-bond donors (Lipinski definition) is 2. The van der Waals surface area contributed by atoms with E-state index < -0.39 is 0 Å². The van der Waals surface area contributed by atoms with Crippen molar-refractivity contribution in [3.63, 3.8) is 0 Å². The highest BCUT2D eigenvalue weighted by Gasteiger charge is 2.12.